The number of nitrogens with zero attached hydrogens (tertiary/aromatic N) is 1. The van der Waals surface area contributed by atoms with Gasteiger partial charge in [0.05, 0.1) is 17.2 Å². The lowest BCUT2D eigenvalue weighted by Crippen LogP contribution is -2.19. The van der Waals surface area contributed by atoms with Gasteiger partial charge in [-0.2, -0.15) is 0 Å². The predicted octanol–water partition coefficient (Wildman–Crippen LogP) is 3.38. The summed E-state index contributed by atoms with van der Waals surface area (Å²) in [5.74, 6) is 1.54. The third kappa shape index (κ3) is 1.95. The molecule has 102 valence electrons. The van der Waals surface area contributed by atoms with Gasteiger partial charge in [-0.3, -0.25) is 4.79 Å². The highest BCUT2D eigenvalue weighted by atomic mass is 32.1. The average Bonchev–Trinajstić information content (AvgIpc) is 2.92. The van der Waals surface area contributed by atoms with Crippen molar-refractivity contribution in [1.82, 2.24) is 4.98 Å². The van der Waals surface area contributed by atoms with E-state index >= 15 is 0 Å². The Kier molecular flexibility index (Phi) is 2.84. The van der Waals surface area contributed by atoms with Crippen LogP contribution in [0.3, 0.4) is 0 Å². The predicted molar refractivity (Wildman–Crippen MR) is 77.8 cm³/mol. The summed E-state index contributed by atoms with van der Waals surface area (Å²) in [5, 5.41) is 1.07. The van der Waals surface area contributed by atoms with Gasteiger partial charge in [0.25, 0.3) is 0 Å². The Morgan fingerprint density at radius 3 is 3.05 bits per heavy atom. The number of fused-ring (bicyclic) bond motifs is 2. The van der Waals surface area contributed by atoms with Crippen LogP contribution < -0.4 is 4.74 Å². The summed E-state index contributed by atoms with van der Waals surface area (Å²) >= 11 is 1.58. The summed E-state index contributed by atoms with van der Waals surface area (Å²) in [7, 11) is 0. The lowest BCUT2D eigenvalue weighted by atomic mass is 9.97. The van der Waals surface area contributed by atoms with Crippen LogP contribution in [0.2, 0.25) is 0 Å². The van der Waals surface area contributed by atoms with E-state index < -0.39 is 0 Å². The first-order valence-electron chi connectivity index (χ1n) is 7.05. The van der Waals surface area contributed by atoms with E-state index in [4.69, 9.17) is 9.72 Å². The normalized spacial score (nSPS) is 21.0. The average molecular weight is 285 g/mol. The van der Waals surface area contributed by atoms with E-state index in [0.29, 0.717) is 13.0 Å². The largest absolute Gasteiger partial charge is 0.493 e. The van der Waals surface area contributed by atoms with Crippen LogP contribution in [-0.2, 0) is 12.8 Å². The van der Waals surface area contributed by atoms with E-state index in [9.17, 15) is 4.79 Å². The number of carbonyl (C=O) groups is 1. The molecule has 0 N–H and O–H groups in total. The maximum atomic E-state index is 11.9. The summed E-state index contributed by atoms with van der Waals surface area (Å²) in [6, 6.07) is 8.17. The number of benzene rings is 1. The highest BCUT2D eigenvalue weighted by molar-refractivity contribution is 7.14. The Hall–Kier alpha value is -1.68. The molecule has 2 aromatic rings. The molecule has 0 saturated heterocycles. The van der Waals surface area contributed by atoms with Gasteiger partial charge in [0.2, 0.25) is 0 Å². The number of hydrogen-bond acceptors (Lipinski definition) is 4. The molecule has 1 atom stereocenters. The second-order valence-corrected chi connectivity index (χ2v) is 6.46. The third-order valence-corrected chi connectivity index (χ3v) is 5.31. The van der Waals surface area contributed by atoms with Gasteiger partial charge < -0.3 is 4.74 Å². The van der Waals surface area contributed by atoms with Crippen LogP contribution in [-0.4, -0.2) is 17.4 Å². The van der Waals surface area contributed by atoms with Crippen molar-refractivity contribution in [2.75, 3.05) is 6.61 Å². The van der Waals surface area contributed by atoms with E-state index in [2.05, 4.69) is 6.07 Å². The lowest BCUT2D eigenvalue weighted by Gasteiger charge is -2.23. The van der Waals surface area contributed by atoms with Crippen LogP contribution in [0, 0.1) is 0 Å². The van der Waals surface area contributed by atoms with Crippen LogP contribution in [0.25, 0.3) is 0 Å². The van der Waals surface area contributed by atoms with Crippen LogP contribution in [0.1, 0.15) is 44.7 Å². The molecule has 0 radical (unpaired) electrons. The fraction of sp³-hybridized carbons (Fsp3) is 0.375. The Labute approximate surface area is 121 Å². The fourth-order valence-corrected chi connectivity index (χ4v) is 4.11. The lowest BCUT2D eigenvalue weighted by molar-refractivity contribution is 0.0976. The summed E-state index contributed by atoms with van der Waals surface area (Å²) in [5.41, 5.74) is 2.25. The molecule has 4 heteroatoms. The van der Waals surface area contributed by atoms with Crippen molar-refractivity contribution in [3.63, 3.8) is 0 Å². The van der Waals surface area contributed by atoms with Crippen molar-refractivity contribution in [1.29, 1.82) is 0 Å². The molecule has 1 aromatic heterocycles. The molecule has 20 heavy (non-hydrogen) atoms. The topological polar surface area (TPSA) is 39.2 Å². The zero-order valence-electron chi connectivity index (χ0n) is 11.1. The number of Topliss-reactive ketones (excluding diaryl/α,β-unsaturated/α-hetero) is 1. The first-order valence-corrected chi connectivity index (χ1v) is 7.86. The number of aryl methyl sites for hydroxylation is 1. The van der Waals surface area contributed by atoms with E-state index in [1.165, 1.54) is 5.56 Å². The number of hydrogen-bond donors (Lipinski definition) is 0. The van der Waals surface area contributed by atoms with Crippen LogP contribution in [0.4, 0.5) is 0 Å². The molecule has 0 fully saturated rings. The second-order valence-electron chi connectivity index (χ2n) is 5.42. The van der Waals surface area contributed by atoms with Crippen molar-refractivity contribution in [3.05, 3.63) is 45.4 Å². The van der Waals surface area contributed by atoms with Gasteiger partial charge in [-0.15, -0.1) is 11.3 Å². The SMILES string of the molecule is O=C1CCCc2nc(C3COc4ccccc4C3)sc21. The van der Waals surface area contributed by atoms with Gasteiger partial charge in [-0.1, -0.05) is 18.2 Å². The van der Waals surface area contributed by atoms with Gasteiger partial charge in [0.15, 0.2) is 5.78 Å². The van der Waals surface area contributed by atoms with E-state index in [1.807, 2.05) is 18.2 Å². The maximum absolute atomic E-state index is 11.9. The van der Waals surface area contributed by atoms with Gasteiger partial charge in [0.1, 0.15) is 10.8 Å². The molecule has 4 rings (SSSR count). The number of ketones is 1. The van der Waals surface area contributed by atoms with Gasteiger partial charge >= 0.3 is 0 Å². The summed E-state index contributed by atoms with van der Waals surface area (Å²) in [4.78, 5) is 17.5. The number of thiazole rings is 1. The quantitative estimate of drug-likeness (QED) is 0.806. The molecule has 1 unspecified atom stereocenters. The fourth-order valence-electron chi connectivity index (χ4n) is 2.95. The smallest absolute Gasteiger partial charge is 0.174 e. The summed E-state index contributed by atoms with van der Waals surface area (Å²) in [6.07, 6.45) is 3.52. The highest BCUT2D eigenvalue weighted by Crippen LogP contribution is 2.36. The maximum Gasteiger partial charge on any atom is 0.174 e. The van der Waals surface area contributed by atoms with Crippen molar-refractivity contribution < 1.29 is 9.53 Å². The Morgan fingerprint density at radius 2 is 2.15 bits per heavy atom. The van der Waals surface area contributed by atoms with Crippen LogP contribution in [0.15, 0.2) is 24.3 Å². The minimum absolute atomic E-state index is 0.270. The molecule has 0 spiro atoms. The molecule has 1 aliphatic heterocycles. The zero-order valence-corrected chi connectivity index (χ0v) is 11.9. The molecular formula is C16H15NO2S. The van der Waals surface area contributed by atoms with Crippen LogP contribution >= 0.6 is 11.3 Å². The number of carbonyl (C=O) groups excluding carboxylic acids is 1. The minimum atomic E-state index is 0.270. The molecule has 1 aliphatic carbocycles. The standard InChI is InChI=1S/C16H15NO2S/c18-13-6-3-5-12-15(13)20-16(17-12)11-8-10-4-1-2-7-14(10)19-9-11/h1-2,4,7,11H,3,5-6,8-9H2. The van der Waals surface area contributed by atoms with E-state index in [-0.39, 0.29) is 11.7 Å². The molecule has 3 nitrogen and oxygen atoms in total. The van der Waals surface area contributed by atoms with Crippen molar-refractivity contribution in [3.8, 4) is 5.75 Å². The van der Waals surface area contributed by atoms with Crippen LogP contribution in [0.5, 0.6) is 5.75 Å². The molecule has 0 amide bonds. The summed E-state index contributed by atoms with van der Waals surface area (Å²) in [6.45, 7) is 0.664. The van der Waals surface area contributed by atoms with Gasteiger partial charge in [-0.25, -0.2) is 4.98 Å². The molecular weight excluding hydrogens is 270 g/mol. The molecule has 1 aromatic carbocycles. The zero-order chi connectivity index (χ0) is 13.5. The second kappa shape index (κ2) is 4.70. The van der Waals surface area contributed by atoms with E-state index in [0.717, 1.165) is 40.6 Å². The minimum Gasteiger partial charge on any atom is -0.493 e. The van der Waals surface area contributed by atoms with Crippen molar-refractivity contribution in [2.45, 2.75) is 31.6 Å². The highest BCUT2D eigenvalue weighted by Gasteiger charge is 2.28. The number of ether oxygens (including phenoxy) is 1. The van der Waals surface area contributed by atoms with Gasteiger partial charge in [0, 0.05) is 12.3 Å². The van der Waals surface area contributed by atoms with E-state index in [1.54, 1.807) is 11.3 Å². The Balaban J connectivity index is 1.65. The first-order chi connectivity index (χ1) is 9.81. The Bertz CT molecular complexity index is 677. The molecule has 0 bridgehead atoms. The third-order valence-electron chi connectivity index (χ3n) is 4.01. The van der Waals surface area contributed by atoms with Crippen molar-refractivity contribution >= 4 is 17.1 Å². The summed E-state index contributed by atoms with van der Waals surface area (Å²) < 4.78 is 5.83. The number of aromatic nitrogens is 1. The first kappa shape index (κ1) is 12.1. The molecule has 0 saturated carbocycles. The molecule has 2 heterocycles. The van der Waals surface area contributed by atoms with Crippen molar-refractivity contribution in [2.24, 2.45) is 0 Å². The molecule has 2 aliphatic rings. The number of rotatable bonds is 1. The Morgan fingerprint density at radius 1 is 1.25 bits per heavy atom. The van der Waals surface area contributed by atoms with Gasteiger partial charge in [-0.05, 0) is 30.9 Å². The monoisotopic (exact) mass is 285 g/mol. The number of para-hydroxylation sites is 1.